The largest absolute Gasteiger partial charge is 0.465 e. The number of aromatic nitrogens is 2. The summed E-state index contributed by atoms with van der Waals surface area (Å²) >= 11 is 0. The number of fused-ring (bicyclic) bond motifs is 1. The van der Waals surface area contributed by atoms with Crippen LogP contribution in [-0.4, -0.2) is 59.4 Å². The molecule has 0 bridgehead atoms. The van der Waals surface area contributed by atoms with Gasteiger partial charge in [0.2, 0.25) is 11.7 Å². The van der Waals surface area contributed by atoms with Crippen molar-refractivity contribution in [2.75, 3.05) is 25.1 Å². The number of rotatable bonds is 6. The normalized spacial score (nSPS) is 15.5. The minimum absolute atomic E-state index is 0.200. The maximum atomic E-state index is 13.0. The number of methoxy groups -OCH3 is 1. The number of carbonyl (C=O) groups excluding carboxylic acids is 4. The van der Waals surface area contributed by atoms with Gasteiger partial charge in [0, 0.05) is 24.4 Å². The zero-order chi connectivity index (χ0) is 22.8. The molecule has 0 spiro atoms. The Bertz CT molecular complexity index is 1220. The van der Waals surface area contributed by atoms with E-state index in [4.69, 9.17) is 9.47 Å². The highest BCUT2D eigenvalue weighted by Gasteiger charge is 2.32. The number of pyridine rings is 1. The number of hydrogen-bond acceptors (Lipinski definition) is 7. The molecule has 3 heterocycles. The third-order valence-corrected chi connectivity index (χ3v) is 5.05. The Kier molecular flexibility index (Phi) is 5.59. The van der Waals surface area contributed by atoms with E-state index in [9.17, 15) is 19.2 Å². The second kappa shape index (κ2) is 8.50. The van der Waals surface area contributed by atoms with Crippen molar-refractivity contribution in [3.05, 3.63) is 65.6 Å². The van der Waals surface area contributed by atoms with Crippen LogP contribution in [0.2, 0.25) is 0 Å². The standard InChI is InChI=1S/C22H20N4O6/c1-13(27)23-9-17-12-25(22(30)32-17)16-6-3-14(4-7-16)20(28)18-10-24-19-8-5-15(11-26(18)19)21(29)31-2/h3-8,10-11,17H,9,12H2,1-2H3,(H,23,27)/t17-/m0/s1. The number of carbonyl (C=O) groups is 4. The minimum Gasteiger partial charge on any atom is -0.465 e. The molecule has 1 saturated heterocycles. The molecular formula is C22H20N4O6. The van der Waals surface area contributed by atoms with Gasteiger partial charge in [-0.15, -0.1) is 0 Å². The number of anilines is 1. The summed E-state index contributed by atoms with van der Waals surface area (Å²) in [5, 5.41) is 2.62. The van der Waals surface area contributed by atoms with Crippen molar-refractivity contribution >= 4 is 35.1 Å². The Morgan fingerprint density at radius 3 is 2.56 bits per heavy atom. The topological polar surface area (TPSA) is 119 Å². The van der Waals surface area contributed by atoms with Gasteiger partial charge in [-0.1, -0.05) is 0 Å². The molecule has 1 atom stereocenters. The summed E-state index contributed by atoms with van der Waals surface area (Å²) < 4.78 is 11.5. The zero-order valence-corrected chi connectivity index (χ0v) is 17.4. The second-order valence-corrected chi connectivity index (χ2v) is 7.21. The van der Waals surface area contributed by atoms with E-state index in [1.165, 1.54) is 35.7 Å². The lowest BCUT2D eigenvalue weighted by atomic mass is 10.1. The fraction of sp³-hybridized carbons (Fsp3) is 0.227. The summed E-state index contributed by atoms with van der Waals surface area (Å²) in [5.74, 6) is -1.01. The van der Waals surface area contributed by atoms with Crippen LogP contribution in [0.1, 0.15) is 33.3 Å². The summed E-state index contributed by atoms with van der Waals surface area (Å²) in [7, 11) is 1.28. The Labute approximate surface area is 182 Å². The lowest BCUT2D eigenvalue weighted by Gasteiger charge is -2.13. The second-order valence-electron chi connectivity index (χ2n) is 7.21. The van der Waals surface area contributed by atoms with Crippen molar-refractivity contribution in [2.45, 2.75) is 13.0 Å². The van der Waals surface area contributed by atoms with E-state index in [2.05, 4.69) is 10.3 Å². The van der Waals surface area contributed by atoms with Crippen LogP contribution in [0.25, 0.3) is 5.65 Å². The smallest absolute Gasteiger partial charge is 0.414 e. The number of nitrogens with zero attached hydrogens (tertiary/aromatic N) is 3. The van der Waals surface area contributed by atoms with E-state index in [-0.39, 0.29) is 30.5 Å². The number of nitrogens with one attached hydrogen (secondary N) is 1. The molecule has 32 heavy (non-hydrogen) atoms. The van der Waals surface area contributed by atoms with Crippen LogP contribution in [-0.2, 0) is 14.3 Å². The van der Waals surface area contributed by atoms with Gasteiger partial charge in [-0.25, -0.2) is 14.6 Å². The highest BCUT2D eigenvalue weighted by atomic mass is 16.6. The molecule has 164 valence electrons. The van der Waals surface area contributed by atoms with Crippen molar-refractivity contribution in [3.63, 3.8) is 0 Å². The average molecular weight is 436 g/mol. The van der Waals surface area contributed by atoms with Crippen molar-refractivity contribution in [3.8, 4) is 0 Å². The Balaban J connectivity index is 1.53. The molecular weight excluding hydrogens is 416 g/mol. The number of amides is 2. The number of benzene rings is 1. The SMILES string of the molecule is COC(=O)c1ccc2ncc(C(=O)c3ccc(N4C[C@H](CNC(C)=O)OC4=O)cc3)n2c1. The molecule has 3 aromatic rings. The van der Waals surface area contributed by atoms with E-state index >= 15 is 0 Å². The fourth-order valence-corrected chi connectivity index (χ4v) is 3.42. The zero-order valence-electron chi connectivity index (χ0n) is 17.4. The summed E-state index contributed by atoms with van der Waals surface area (Å²) in [6, 6.07) is 9.72. The summed E-state index contributed by atoms with van der Waals surface area (Å²) in [6.45, 7) is 1.91. The molecule has 0 aliphatic carbocycles. The van der Waals surface area contributed by atoms with Crippen LogP contribution in [0.15, 0.2) is 48.8 Å². The molecule has 10 heteroatoms. The van der Waals surface area contributed by atoms with E-state index in [0.29, 0.717) is 22.5 Å². The Morgan fingerprint density at radius 1 is 1.16 bits per heavy atom. The van der Waals surface area contributed by atoms with Crippen molar-refractivity contribution in [1.82, 2.24) is 14.7 Å². The molecule has 0 saturated carbocycles. The third-order valence-electron chi connectivity index (χ3n) is 5.05. The molecule has 2 aromatic heterocycles. The lowest BCUT2D eigenvalue weighted by Crippen LogP contribution is -2.33. The summed E-state index contributed by atoms with van der Waals surface area (Å²) in [5.41, 5.74) is 2.06. The maximum absolute atomic E-state index is 13.0. The first-order chi connectivity index (χ1) is 15.4. The summed E-state index contributed by atoms with van der Waals surface area (Å²) in [4.78, 5) is 53.7. The van der Waals surface area contributed by atoms with Crippen LogP contribution in [0.3, 0.4) is 0 Å². The first-order valence-electron chi connectivity index (χ1n) is 9.80. The van der Waals surface area contributed by atoms with Gasteiger partial charge in [0.05, 0.1) is 32.0 Å². The predicted octanol–water partition coefficient (Wildman–Crippen LogP) is 1.81. The molecule has 10 nitrogen and oxygen atoms in total. The van der Waals surface area contributed by atoms with E-state index < -0.39 is 18.2 Å². The quantitative estimate of drug-likeness (QED) is 0.462. The molecule has 1 aliphatic rings. The van der Waals surface area contributed by atoms with Gasteiger partial charge in [0.15, 0.2) is 0 Å². The van der Waals surface area contributed by atoms with Crippen LogP contribution in [0.5, 0.6) is 0 Å². The van der Waals surface area contributed by atoms with Gasteiger partial charge in [-0.2, -0.15) is 0 Å². The predicted molar refractivity (Wildman–Crippen MR) is 113 cm³/mol. The minimum atomic E-state index is -0.517. The van der Waals surface area contributed by atoms with Crippen molar-refractivity contribution in [1.29, 1.82) is 0 Å². The lowest BCUT2D eigenvalue weighted by molar-refractivity contribution is -0.119. The fourth-order valence-electron chi connectivity index (χ4n) is 3.42. The Morgan fingerprint density at radius 2 is 1.88 bits per heavy atom. The van der Waals surface area contributed by atoms with Crippen LogP contribution in [0, 0.1) is 0 Å². The highest BCUT2D eigenvalue weighted by Crippen LogP contribution is 2.23. The van der Waals surface area contributed by atoms with Gasteiger partial charge >= 0.3 is 12.1 Å². The van der Waals surface area contributed by atoms with Gasteiger partial charge in [0.1, 0.15) is 17.4 Å². The third kappa shape index (κ3) is 4.02. The average Bonchev–Trinajstić information content (AvgIpc) is 3.39. The molecule has 2 amide bonds. The monoisotopic (exact) mass is 436 g/mol. The highest BCUT2D eigenvalue weighted by molar-refractivity contribution is 6.08. The number of ether oxygens (including phenoxy) is 2. The number of cyclic esters (lactones) is 1. The number of imidazole rings is 1. The molecule has 0 unspecified atom stereocenters. The van der Waals surface area contributed by atoms with E-state index in [1.54, 1.807) is 36.4 Å². The molecule has 1 fully saturated rings. The first-order valence-corrected chi connectivity index (χ1v) is 9.80. The molecule has 1 aromatic carbocycles. The van der Waals surface area contributed by atoms with Crippen molar-refractivity contribution in [2.24, 2.45) is 0 Å². The van der Waals surface area contributed by atoms with Gasteiger partial charge < -0.3 is 14.8 Å². The van der Waals surface area contributed by atoms with Crippen LogP contribution >= 0.6 is 0 Å². The van der Waals surface area contributed by atoms with Crippen LogP contribution in [0.4, 0.5) is 10.5 Å². The van der Waals surface area contributed by atoms with E-state index in [1.807, 2.05) is 0 Å². The molecule has 1 N–H and O–H groups in total. The molecule has 1 aliphatic heterocycles. The number of ketones is 1. The van der Waals surface area contributed by atoms with E-state index in [0.717, 1.165) is 0 Å². The van der Waals surface area contributed by atoms with Crippen molar-refractivity contribution < 1.29 is 28.7 Å². The Hall–Kier alpha value is -4.21. The number of esters is 1. The van der Waals surface area contributed by atoms with Gasteiger partial charge in [-0.3, -0.25) is 18.9 Å². The number of hydrogen-bond donors (Lipinski definition) is 1. The van der Waals surface area contributed by atoms with Gasteiger partial charge in [-0.05, 0) is 36.4 Å². The summed E-state index contributed by atoms with van der Waals surface area (Å²) in [6.07, 6.45) is 1.98. The molecule has 4 rings (SSSR count). The maximum Gasteiger partial charge on any atom is 0.414 e. The first kappa shape index (κ1) is 21.0. The van der Waals surface area contributed by atoms with Crippen LogP contribution < -0.4 is 10.2 Å². The van der Waals surface area contributed by atoms with Gasteiger partial charge in [0.25, 0.3) is 0 Å². The molecule has 0 radical (unpaired) electrons.